The van der Waals surface area contributed by atoms with Crippen molar-refractivity contribution >= 4 is 34.4 Å². The standard InChI is InChI=1S/C16H14N2O4S2/c1-10-4-6-12(24-10)11(19)5-7-15(20)21-9-14-17-16(18-22-14)13-3-2-8-23-13/h2-4,6,8H,5,7,9H2,1H3. The van der Waals surface area contributed by atoms with Crippen LogP contribution in [0.1, 0.15) is 33.3 Å². The maximum absolute atomic E-state index is 11.9. The fraction of sp³-hybridized carbons (Fsp3) is 0.250. The van der Waals surface area contributed by atoms with Crippen molar-refractivity contribution in [1.82, 2.24) is 10.1 Å². The molecule has 24 heavy (non-hydrogen) atoms. The number of hydrogen-bond acceptors (Lipinski definition) is 8. The van der Waals surface area contributed by atoms with E-state index >= 15 is 0 Å². The van der Waals surface area contributed by atoms with Crippen LogP contribution >= 0.6 is 22.7 Å². The molecule has 0 fully saturated rings. The molecule has 0 radical (unpaired) electrons. The minimum Gasteiger partial charge on any atom is -0.456 e. The molecule has 0 saturated carbocycles. The van der Waals surface area contributed by atoms with Gasteiger partial charge in [0, 0.05) is 11.3 Å². The van der Waals surface area contributed by atoms with Crippen LogP contribution in [-0.2, 0) is 16.1 Å². The first kappa shape index (κ1) is 16.5. The van der Waals surface area contributed by atoms with E-state index in [0.29, 0.717) is 10.7 Å². The number of rotatable bonds is 7. The number of Topliss-reactive ketones (excluding diaryl/α,β-unsaturated/α-hetero) is 1. The summed E-state index contributed by atoms with van der Waals surface area (Å²) in [6.07, 6.45) is 0.158. The Morgan fingerprint density at radius 1 is 1.25 bits per heavy atom. The van der Waals surface area contributed by atoms with E-state index in [9.17, 15) is 9.59 Å². The number of ketones is 1. The molecule has 0 N–H and O–H groups in total. The van der Waals surface area contributed by atoms with E-state index in [1.54, 1.807) is 6.07 Å². The van der Waals surface area contributed by atoms with E-state index in [1.165, 1.54) is 22.7 Å². The minimum atomic E-state index is -0.465. The molecule has 8 heteroatoms. The summed E-state index contributed by atoms with van der Waals surface area (Å²) >= 11 is 2.92. The molecule has 3 rings (SSSR count). The second-order valence-corrected chi connectivity index (χ2v) is 7.22. The van der Waals surface area contributed by atoms with Gasteiger partial charge in [-0.05, 0) is 30.5 Å². The van der Waals surface area contributed by atoms with E-state index in [4.69, 9.17) is 9.26 Å². The maximum atomic E-state index is 11.9. The smallest absolute Gasteiger partial charge is 0.306 e. The fourth-order valence-corrected chi connectivity index (χ4v) is 3.44. The number of ether oxygens (including phenoxy) is 1. The predicted octanol–water partition coefficient (Wildman–Crippen LogP) is 3.87. The van der Waals surface area contributed by atoms with E-state index in [-0.39, 0.29) is 31.1 Å². The van der Waals surface area contributed by atoms with Crippen molar-refractivity contribution in [3.8, 4) is 10.7 Å². The first-order chi connectivity index (χ1) is 11.6. The van der Waals surface area contributed by atoms with Crippen molar-refractivity contribution in [3.63, 3.8) is 0 Å². The molecule has 3 heterocycles. The van der Waals surface area contributed by atoms with Gasteiger partial charge in [-0.3, -0.25) is 9.59 Å². The summed E-state index contributed by atoms with van der Waals surface area (Å²) < 4.78 is 10.1. The lowest BCUT2D eigenvalue weighted by molar-refractivity contribution is -0.145. The van der Waals surface area contributed by atoms with Gasteiger partial charge in [-0.15, -0.1) is 22.7 Å². The fourth-order valence-electron chi connectivity index (χ4n) is 1.96. The average Bonchev–Trinajstić information content (AvgIpc) is 3.30. The Morgan fingerprint density at radius 3 is 2.83 bits per heavy atom. The Morgan fingerprint density at radius 2 is 2.12 bits per heavy atom. The van der Waals surface area contributed by atoms with Gasteiger partial charge < -0.3 is 9.26 Å². The van der Waals surface area contributed by atoms with Crippen LogP contribution in [0.15, 0.2) is 34.2 Å². The number of thiophene rings is 2. The lowest BCUT2D eigenvalue weighted by Gasteiger charge is -2.00. The van der Waals surface area contributed by atoms with Crippen LogP contribution in [0.25, 0.3) is 10.7 Å². The highest BCUT2D eigenvalue weighted by molar-refractivity contribution is 7.14. The molecular weight excluding hydrogens is 348 g/mol. The van der Waals surface area contributed by atoms with Gasteiger partial charge in [-0.2, -0.15) is 4.98 Å². The monoisotopic (exact) mass is 362 g/mol. The van der Waals surface area contributed by atoms with E-state index in [2.05, 4.69) is 10.1 Å². The molecule has 0 saturated heterocycles. The zero-order chi connectivity index (χ0) is 16.9. The number of esters is 1. The number of carbonyl (C=O) groups is 2. The third-order valence-electron chi connectivity index (χ3n) is 3.14. The van der Waals surface area contributed by atoms with E-state index in [0.717, 1.165) is 9.75 Å². The summed E-state index contributed by atoms with van der Waals surface area (Å²) in [6.45, 7) is 1.84. The number of aromatic nitrogens is 2. The summed E-state index contributed by atoms with van der Waals surface area (Å²) in [5, 5.41) is 5.75. The van der Waals surface area contributed by atoms with Gasteiger partial charge in [-0.1, -0.05) is 11.2 Å². The third kappa shape index (κ3) is 4.15. The molecule has 0 spiro atoms. The van der Waals surface area contributed by atoms with Gasteiger partial charge in [-0.25, -0.2) is 0 Å². The van der Waals surface area contributed by atoms with Gasteiger partial charge in [0.05, 0.1) is 16.2 Å². The molecule has 0 unspecified atom stereocenters. The van der Waals surface area contributed by atoms with Crippen LogP contribution in [0.5, 0.6) is 0 Å². The molecule has 0 amide bonds. The van der Waals surface area contributed by atoms with E-state index < -0.39 is 5.97 Å². The summed E-state index contributed by atoms with van der Waals surface area (Å²) in [7, 11) is 0. The lowest BCUT2D eigenvalue weighted by Crippen LogP contribution is -2.07. The Bertz CT molecular complexity index is 836. The molecule has 0 aromatic carbocycles. The van der Waals surface area contributed by atoms with Crippen LogP contribution in [0.4, 0.5) is 0 Å². The molecule has 0 atom stereocenters. The number of aryl methyl sites for hydroxylation is 1. The topological polar surface area (TPSA) is 82.3 Å². The normalized spacial score (nSPS) is 10.7. The van der Waals surface area contributed by atoms with Crippen LogP contribution in [0.2, 0.25) is 0 Å². The number of hydrogen-bond donors (Lipinski definition) is 0. The highest BCUT2D eigenvalue weighted by Crippen LogP contribution is 2.21. The average molecular weight is 362 g/mol. The minimum absolute atomic E-state index is 0.0295. The third-order valence-corrected chi connectivity index (χ3v) is 5.05. The van der Waals surface area contributed by atoms with Crippen molar-refractivity contribution in [2.45, 2.75) is 26.4 Å². The van der Waals surface area contributed by atoms with Crippen LogP contribution in [0, 0.1) is 6.92 Å². The van der Waals surface area contributed by atoms with Crippen LogP contribution in [-0.4, -0.2) is 21.9 Å². The first-order valence-corrected chi connectivity index (χ1v) is 8.93. The van der Waals surface area contributed by atoms with E-state index in [1.807, 2.05) is 30.5 Å². The van der Waals surface area contributed by atoms with Crippen LogP contribution < -0.4 is 0 Å². The van der Waals surface area contributed by atoms with Gasteiger partial charge >= 0.3 is 5.97 Å². The van der Waals surface area contributed by atoms with Gasteiger partial charge in [0.15, 0.2) is 12.4 Å². The van der Waals surface area contributed by atoms with Crippen LogP contribution in [0.3, 0.4) is 0 Å². The quantitative estimate of drug-likeness (QED) is 0.469. The Kier molecular flexibility index (Phi) is 5.17. The van der Waals surface area contributed by atoms with Gasteiger partial charge in [0.25, 0.3) is 5.89 Å². The highest BCUT2D eigenvalue weighted by atomic mass is 32.1. The molecular formula is C16H14N2O4S2. The lowest BCUT2D eigenvalue weighted by atomic mass is 10.2. The number of carbonyl (C=O) groups excluding carboxylic acids is 2. The molecule has 6 nitrogen and oxygen atoms in total. The Balaban J connectivity index is 1.45. The van der Waals surface area contributed by atoms with Gasteiger partial charge in [0.2, 0.25) is 5.82 Å². The molecule has 0 aliphatic carbocycles. The van der Waals surface area contributed by atoms with Crippen molar-refractivity contribution in [2.24, 2.45) is 0 Å². The zero-order valence-electron chi connectivity index (χ0n) is 12.9. The molecule has 0 aliphatic heterocycles. The summed E-state index contributed by atoms with van der Waals surface area (Å²) in [5.41, 5.74) is 0. The van der Waals surface area contributed by atoms with Gasteiger partial charge in [0.1, 0.15) is 0 Å². The molecule has 124 valence electrons. The molecule has 3 aromatic heterocycles. The molecule has 0 aliphatic rings. The summed E-state index contributed by atoms with van der Waals surface area (Å²) in [6, 6.07) is 7.43. The second kappa shape index (κ2) is 7.50. The molecule has 0 bridgehead atoms. The second-order valence-electron chi connectivity index (χ2n) is 4.98. The Labute approximate surface area is 146 Å². The maximum Gasteiger partial charge on any atom is 0.306 e. The SMILES string of the molecule is Cc1ccc(C(=O)CCC(=O)OCc2nc(-c3cccs3)no2)s1. The van der Waals surface area contributed by atoms with Crippen molar-refractivity contribution in [2.75, 3.05) is 0 Å². The number of nitrogens with zero attached hydrogens (tertiary/aromatic N) is 2. The van der Waals surface area contributed by atoms with Crippen molar-refractivity contribution < 1.29 is 18.8 Å². The largest absolute Gasteiger partial charge is 0.456 e. The summed E-state index contributed by atoms with van der Waals surface area (Å²) in [5.74, 6) is 0.182. The van der Waals surface area contributed by atoms with Crippen molar-refractivity contribution in [1.29, 1.82) is 0 Å². The first-order valence-electron chi connectivity index (χ1n) is 7.23. The predicted molar refractivity (Wildman–Crippen MR) is 90.0 cm³/mol. The molecule has 3 aromatic rings. The zero-order valence-corrected chi connectivity index (χ0v) is 14.5. The van der Waals surface area contributed by atoms with Crippen molar-refractivity contribution in [3.05, 3.63) is 45.3 Å². The highest BCUT2D eigenvalue weighted by Gasteiger charge is 2.14. The Hall–Kier alpha value is -2.32. The summed E-state index contributed by atoms with van der Waals surface area (Å²) in [4.78, 5) is 30.4.